The zero-order valence-corrected chi connectivity index (χ0v) is 13.9. The van der Waals surface area contributed by atoms with Crippen molar-refractivity contribution >= 4 is 27.3 Å². The van der Waals surface area contributed by atoms with Crippen LogP contribution in [-0.4, -0.2) is 32.8 Å². The van der Waals surface area contributed by atoms with Gasteiger partial charge in [-0.1, -0.05) is 6.07 Å². The molecule has 0 fully saturated rings. The van der Waals surface area contributed by atoms with E-state index in [0.29, 0.717) is 0 Å². The summed E-state index contributed by atoms with van der Waals surface area (Å²) in [6.45, 7) is -0.171. The number of carbonyl (C=O) groups excluding carboxylic acids is 1. The van der Waals surface area contributed by atoms with Gasteiger partial charge in [-0.3, -0.25) is 0 Å². The van der Waals surface area contributed by atoms with Gasteiger partial charge in [0.1, 0.15) is 9.77 Å². The van der Waals surface area contributed by atoms with Crippen LogP contribution in [0.2, 0.25) is 0 Å². The van der Waals surface area contributed by atoms with E-state index in [2.05, 4.69) is 4.74 Å². The molecular weight excluding hydrogens is 348 g/mol. The third-order valence-corrected chi connectivity index (χ3v) is 5.95. The first-order chi connectivity index (χ1) is 10.8. The van der Waals surface area contributed by atoms with E-state index in [9.17, 15) is 22.0 Å². The van der Waals surface area contributed by atoms with Crippen LogP contribution < -0.4 is 0 Å². The smallest absolute Gasteiger partial charge is 0.349 e. The summed E-state index contributed by atoms with van der Waals surface area (Å²) in [5, 5.41) is 1.46. The highest BCUT2D eigenvalue weighted by Crippen LogP contribution is 2.26. The number of halogens is 2. The van der Waals surface area contributed by atoms with Crippen LogP contribution in [0.15, 0.2) is 34.5 Å². The fourth-order valence-electron chi connectivity index (χ4n) is 1.89. The average molecular weight is 361 g/mol. The Morgan fingerprint density at radius 1 is 1.26 bits per heavy atom. The molecule has 0 saturated carbocycles. The molecule has 0 bridgehead atoms. The third kappa shape index (κ3) is 3.57. The lowest BCUT2D eigenvalue weighted by Gasteiger charge is -2.17. The predicted octanol–water partition coefficient (Wildman–Crippen LogP) is 2.63. The first-order valence-corrected chi connectivity index (χ1v) is 8.65. The summed E-state index contributed by atoms with van der Waals surface area (Å²) >= 11 is 0.947. The van der Waals surface area contributed by atoms with Crippen LogP contribution in [0.5, 0.6) is 0 Å². The highest BCUT2D eigenvalue weighted by molar-refractivity contribution is 7.89. The van der Waals surface area contributed by atoms with Gasteiger partial charge in [-0.2, -0.15) is 4.31 Å². The minimum absolute atomic E-state index is 0.0374. The molecule has 0 amide bonds. The van der Waals surface area contributed by atoms with Crippen molar-refractivity contribution < 1.29 is 26.7 Å². The van der Waals surface area contributed by atoms with Gasteiger partial charge in [0.15, 0.2) is 11.6 Å². The average Bonchev–Trinajstić information content (AvgIpc) is 3.00. The van der Waals surface area contributed by atoms with E-state index >= 15 is 0 Å². The fourth-order valence-corrected chi connectivity index (χ4v) is 4.35. The summed E-state index contributed by atoms with van der Waals surface area (Å²) in [6, 6.07) is 4.44. The van der Waals surface area contributed by atoms with E-state index in [0.717, 1.165) is 34.9 Å². The Balaban J connectivity index is 2.30. The standard InChI is InChI=1S/C14H13F2NO4S2/c1-17(8-9-3-4-10(15)11(16)7-9)23(19,20)12-5-6-22-13(12)14(18)21-2/h3-7H,8H2,1-2H3. The molecule has 0 saturated heterocycles. The van der Waals surface area contributed by atoms with Gasteiger partial charge in [-0.25, -0.2) is 22.0 Å². The van der Waals surface area contributed by atoms with Gasteiger partial charge in [0.05, 0.1) is 7.11 Å². The molecular formula is C14H13F2NO4S2. The number of thiophene rings is 1. The number of rotatable bonds is 5. The quantitative estimate of drug-likeness (QED) is 0.768. The van der Waals surface area contributed by atoms with Crippen molar-refractivity contribution in [2.75, 3.05) is 14.2 Å². The van der Waals surface area contributed by atoms with E-state index in [4.69, 9.17) is 0 Å². The van der Waals surface area contributed by atoms with Crippen molar-refractivity contribution in [2.45, 2.75) is 11.4 Å². The Hall–Kier alpha value is -1.84. The summed E-state index contributed by atoms with van der Waals surface area (Å²) in [6.07, 6.45) is 0. The van der Waals surface area contributed by atoms with Crippen LogP contribution in [0.25, 0.3) is 0 Å². The highest BCUT2D eigenvalue weighted by Gasteiger charge is 2.28. The second-order valence-corrected chi connectivity index (χ2v) is 7.54. The fraction of sp³-hybridized carbons (Fsp3) is 0.214. The molecule has 5 nitrogen and oxygen atoms in total. The Morgan fingerprint density at radius 2 is 1.96 bits per heavy atom. The Kier molecular flexibility index (Phi) is 5.12. The summed E-state index contributed by atoms with van der Waals surface area (Å²) in [5.74, 6) is -2.82. The van der Waals surface area contributed by atoms with E-state index in [1.807, 2.05) is 0 Å². The molecule has 2 rings (SSSR count). The molecule has 0 aliphatic rings. The molecule has 1 aromatic heterocycles. The lowest BCUT2D eigenvalue weighted by atomic mass is 10.2. The molecule has 23 heavy (non-hydrogen) atoms. The second kappa shape index (κ2) is 6.73. The third-order valence-electron chi connectivity index (χ3n) is 3.08. The Labute approximate surface area is 136 Å². The van der Waals surface area contributed by atoms with Gasteiger partial charge in [-0.05, 0) is 29.1 Å². The first kappa shape index (κ1) is 17.5. The van der Waals surface area contributed by atoms with Crippen molar-refractivity contribution in [1.29, 1.82) is 0 Å². The summed E-state index contributed by atoms with van der Waals surface area (Å²) in [4.78, 5) is 11.4. The van der Waals surface area contributed by atoms with E-state index < -0.39 is 27.6 Å². The minimum atomic E-state index is -3.98. The zero-order valence-electron chi connectivity index (χ0n) is 12.2. The van der Waals surface area contributed by atoms with E-state index in [-0.39, 0.29) is 21.9 Å². The minimum Gasteiger partial charge on any atom is -0.465 e. The number of hydrogen-bond donors (Lipinski definition) is 0. The summed E-state index contributed by atoms with van der Waals surface area (Å²) < 4.78 is 56.7. The van der Waals surface area contributed by atoms with E-state index in [1.165, 1.54) is 24.6 Å². The number of methoxy groups -OCH3 is 1. The van der Waals surface area contributed by atoms with Crippen LogP contribution in [0, 0.1) is 11.6 Å². The molecule has 0 N–H and O–H groups in total. The molecule has 0 spiro atoms. The normalized spacial score (nSPS) is 11.7. The van der Waals surface area contributed by atoms with Gasteiger partial charge in [0.25, 0.3) is 0 Å². The number of carbonyl (C=O) groups is 1. The monoisotopic (exact) mass is 361 g/mol. The van der Waals surface area contributed by atoms with Crippen LogP contribution >= 0.6 is 11.3 Å². The molecule has 0 unspecified atom stereocenters. The largest absolute Gasteiger partial charge is 0.465 e. The molecule has 0 aliphatic heterocycles. The Morgan fingerprint density at radius 3 is 2.57 bits per heavy atom. The van der Waals surface area contributed by atoms with Crippen molar-refractivity contribution in [2.24, 2.45) is 0 Å². The van der Waals surface area contributed by atoms with Crippen LogP contribution in [0.4, 0.5) is 8.78 Å². The van der Waals surface area contributed by atoms with Crippen molar-refractivity contribution in [3.63, 3.8) is 0 Å². The second-order valence-electron chi connectivity index (χ2n) is 4.62. The van der Waals surface area contributed by atoms with E-state index in [1.54, 1.807) is 0 Å². The SMILES string of the molecule is COC(=O)c1sccc1S(=O)(=O)N(C)Cc1ccc(F)c(F)c1. The Bertz CT molecular complexity index is 833. The van der Waals surface area contributed by atoms with Gasteiger partial charge < -0.3 is 4.74 Å². The molecule has 9 heteroatoms. The number of ether oxygens (including phenoxy) is 1. The van der Waals surface area contributed by atoms with Gasteiger partial charge in [0, 0.05) is 13.6 Å². The number of nitrogens with zero attached hydrogens (tertiary/aromatic N) is 1. The maximum atomic E-state index is 13.2. The molecule has 124 valence electrons. The maximum Gasteiger partial charge on any atom is 0.349 e. The molecule has 0 radical (unpaired) electrons. The number of sulfonamides is 1. The molecule has 1 heterocycles. The van der Waals surface area contributed by atoms with Crippen molar-refractivity contribution in [3.05, 3.63) is 51.7 Å². The van der Waals surface area contributed by atoms with Crippen molar-refractivity contribution in [1.82, 2.24) is 4.31 Å². The predicted molar refractivity (Wildman–Crippen MR) is 80.7 cm³/mol. The van der Waals surface area contributed by atoms with Gasteiger partial charge in [0.2, 0.25) is 10.0 Å². The molecule has 2 aromatic rings. The molecule has 0 aliphatic carbocycles. The summed E-state index contributed by atoms with van der Waals surface area (Å²) in [7, 11) is -1.53. The number of benzene rings is 1. The zero-order chi connectivity index (χ0) is 17.2. The molecule has 1 aromatic carbocycles. The molecule has 0 atom stereocenters. The van der Waals surface area contributed by atoms with Gasteiger partial charge in [-0.15, -0.1) is 11.3 Å². The lowest BCUT2D eigenvalue weighted by Crippen LogP contribution is -2.27. The van der Waals surface area contributed by atoms with Crippen LogP contribution in [0.1, 0.15) is 15.2 Å². The van der Waals surface area contributed by atoms with Gasteiger partial charge >= 0.3 is 5.97 Å². The first-order valence-electron chi connectivity index (χ1n) is 6.33. The number of esters is 1. The van der Waals surface area contributed by atoms with Crippen LogP contribution in [-0.2, 0) is 21.3 Å². The lowest BCUT2D eigenvalue weighted by molar-refractivity contribution is 0.0602. The topological polar surface area (TPSA) is 63.7 Å². The summed E-state index contributed by atoms with van der Waals surface area (Å²) in [5.41, 5.74) is 0.282. The maximum absolute atomic E-state index is 13.2. The van der Waals surface area contributed by atoms with Crippen LogP contribution in [0.3, 0.4) is 0 Å². The van der Waals surface area contributed by atoms with Crippen molar-refractivity contribution in [3.8, 4) is 0 Å². The highest BCUT2D eigenvalue weighted by atomic mass is 32.2. The number of hydrogen-bond acceptors (Lipinski definition) is 5.